The van der Waals surface area contributed by atoms with Crippen molar-refractivity contribution in [3.63, 3.8) is 0 Å². The SMILES string of the molecule is CCCCc1nc(SCc2ccc(-c3ccccc3C(=O)OC)cc2)nn1Cc1ccc(-c2ccccc2C(=O)OC)cc1. The zero-order valence-corrected chi connectivity index (χ0v) is 26.0. The molecule has 0 aliphatic heterocycles. The normalized spacial score (nSPS) is 10.9. The first-order valence-corrected chi connectivity index (χ1v) is 15.6. The Morgan fingerprint density at radius 1 is 0.727 bits per heavy atom. The van der Waals surface area contributed by atoms with Crippen LogP contribution < -0.4 is 0 Å². The summed E-state index contributed by atoms with van der Waals surface area (Å²) in [7, 11) is 2.79. The molecule has 0 fully saturated rings. The van der Waals surface area contributed by atoms with Crippen molar-refractivity contribution in [3.8, 4) is 22.3 Å². The Kier molecular flexibility index (Phi) is 10.2. The number of carbonyl (C=O) groups is 2. The van der Waals surface area contributed by atoms with Gasteiger partial charge in [-0.2, -0.15) is 0 Å². The van der Waals surface area contributed by atoms with Crippen LogP contribution in [0.15, 0.2) is 102 Å². The Labute approximate surface area is 262 Å². The maximum absolute atomic E-state index is 12.2. The fraction of sp³-hybridized carbons (Fsp3) is 0.222. The second-order valence-corrected chi connectivity index (χ2v) is 11.3. The van der Waals surface area contributed by atoms with Crippen LogP contribution in [0.5, 0.6) is 0 Å². The summed E-state index contributed by atoms with van der Waals surface area (Å²) in [4.78, 5) is 29.3. The topological polar surface area (TPSA) is 83.3 Å². The van der Waals surface area contributed by atoms with Gasteiger partial charge in [0.2, 0.25) is 5.16 Å². The maximum atomic E-state index is 12.2. The third-order valence-electron chi connectivity index (χ3n) is 7.38. The lowest BCUT2D eigenvalue weighted by Crippen LogP contribution is -2.07. The number of aromatic nitrogens is 3. The van der Waals surface area contributed by atoms with Crippen LogP contribution in [0.1, 0.15) is 57.4 Å². The average molecular weight is 606 g/mol. The minimum absolute atomic E-state index is 0.347. The van der Waals surface area contributed by atoms with E-state index in [1.807, 2.05) is 65.3 Å². The molecule has 8 heteroatoms. The van der Waals surface area contributed by atoms with E-state index in [-0.39, 0.29) is 11.9 Å². The molecule has 1 aromatic heterocycles. The zero-order valence-electron chi connectivity index (χ0n) is 25.2. The number of ether oxygens (including phenoxy) is 2. The van der Waals surface area contributed by atoms with Crippen molar-refractivity contribution in [1.82, 2.24) is 14.8 Å². The van der Waals surface area contributed by atoms with Crippen molar-refractivity contribution in [1.29, 1.82) is 0 Å². The smallest absolute Gasteiger partial charge is 0.338 e. The standard InChI is InChI=1S/C36H35N3O4S/c1-4-5-14-33-37-36(44-24-26-17-21-28(22-18-26)30-11-7-9-13-32(30)35(41)43-3)38-39(33)23-25-15-19-27(20-16-25)29-10-6-8-12-31(29)34(40)42-2/h6-13,15-22H,4-5,14,23-24H2,1-3H3. The van der Waals surface area contributed by atoms with Crippen LogP contribution in [0, 0.1) is 0 Å². The first-order chi connectivity index (χ1) is 21.5. The Morgan fingerprint density at radius 3 is 1.77 bits per heavy atom. The molecule has 0 aliphatic carbocycles. The molecule has 0 radical (unpaired) electrons. The molecule has 0 N–H and O–H groups in total. The van der Waals surface area contributed by atoms with Gasteiger partial charge in [-0.25, -0.2) is 19.3 Å². The molecule has 44 heavy (non-hydrogen) atoms. The van der Waals surface area contributed by atoms with Crippen LogP contribution in [0.2, 0.25) is 0 Å². The molecular formula is C36H35N3O4S. The minimum atomic E-state index is -0.349. The summed E-state index contributed by atoms with van der Waals surface area (Å²) in [6, 6.07) is 31.3. The number of hydrogen-bond donors (Lipinski definition) is 0. The van der Waals surface area contributed by atoms with Gasteiger partial charge in [0, 0.05) is 12.2 Å². The molecular weight excluding hydrogens is 570 g/mol. The minimum Gasteiger partial charge on any atom is -0.465 e. The van der Waals surface area contributed by atoms with E-state index in [4.69, 9.17) is 19.6 Å². The van der Waals surface area contributed by atoms with Gasteiger partial charge in [0.15, 0.2) is 0 Å². The number of aryl methyl sites for hydroxylation is 1. The number of esters is 2. The molecule has 7 nitrogen and oxygen atoms in total. The van der Waals surface area contributed by atoms with Crippen LogP contribution in [0.4, 0.5) is 0 Å². The molecule has 0 spiro atoms. The second kappa shape index (κ2) is 14.7. The molecule has 1 heterocycles. The summed E-state index contributed by atoms with van der Waals surface area (Å²) < 4.78 is 11.9. The molecule has 5 aromatic rings. The van der Waals surface area contributed by atoms with Crippen molar-refractivity contribution in [3.05, 3.63) is 125 Å². The lowest BCUT2D eigenvalue weighted by atomic mass is 9.98. The van der Waals surface area contributed by atoms with Crippen molar-refractivity contribution in [2.24, 2.45) is 0 Å². The second-order valence-electron chi connectivity index (χ2n) is 10.3. The summed E-state index contributed by atoms with van der Waals surface area (Å²) in [6.07, 6.45) is 2.98. The third-order valence-corrected chi connectivity index (χ3v) is 8.29. The number of benzene rings is 4. The molecule has 224 valence electrons. The van der Waals surface area contributed by atoms with Crippen molar-refractivity contribution in [2.75, 3.05) is 14.2 Å². The maximum Gasteiger partial charge on any atom is 0.338 e. The monoisotopic (exact) mass is 605 g/mol. The highest BCUT2D eigenvalue weighted by Crippen LogP contribution is 2.28. The van der Waals surface area contributed by atoms with E-state index < -0.39 is 0 Å². The highest BCUT2D eigenvalue weighted by molar-refractivity contribution is 7.98. The van der Waals surface area contributed by atoms with Gasteiger partial charge in [0.1, 0.15) is 5.82 Å². The predicted octanol–water partition coefficient (Wildman–Crippen LogP) is 7.87. The Balaban J connectivity index is 1.28. The largest absolute Gasteiger partial charge is 0.465 e. The number of hydrogen-bond acceptors (Lipinski definition) is 7. The summed E-state index contributed by atoms with van der Waals surface area (Å²) in [5.74, 6) is 1.01. The van der Waals surface area contributed by atoms with Crippen LogP contribution in [0.3, 0.4) is 0 Å². The lowest BCUT2D eigenvalue weighted by molar-refractivity contribution is 0.0592. The third kappa shape index (κ3) is 7.26. The molecule has 0 bridgehead atoms. The van der Waals surface area contributed by atoms with E-state index in [2.05, 4.69) is 31.2 Å². The van der Waals surface area contributed by atoms with Crippen molar-refractivity contribution >= 4 is 23.7 Å². The summed E-state index contributed by atoms with van der Waals surface area (Å²) in [5.41, 5.74) is 6.94. The van der Waals surface area contributed by atoms with Gasteiger partial charge in [0.25, 0.3) is 0 Å². The molecule has 0 amide bonds. The van der Waals surface area contributed by atoms with E-state index in [1.165, 1.54) is 14.2 Å². The number of rotatable bonds is 12. The van der Waals surface area contributed by atoms with E-state index in [0.29, 0.717) is 17.7 Å². The van der Waals surface area contributed by atoms with Gasteiger partial charge in [-0.15, -0.1) is 5.10 Å². The zero-order chi connectivity index (χ0) is 30.9. The highest BCUT2D eigenvalue weighted by atomic mass is 32.2. The Morgan fingerprint density at radius 2 is 1.25 bits per heavy atom. The quantitative estimate of drug-likeness (QED) is 0.106. The van der Waals surface area contributed by atoms with Gasteiger partial charge in [-0.1, -0.05) is 110 Å². The fourth-order valence-electron chi connectivity index (χ4n) is 5.00. The van der Waals surface area contributed by atoms with Crippen LogP contribution in [-0.2, 0) is 28.2 Å². The van der Waals surface area contributed by atoms with Gasteiger partial charge in [-0.05, 0) is 51.9 Å². The molecule has 4 aromatic carbocycles. The molecule has 0 aliphatic rings. The van der Waals surface area contributed by atoms with Crippen molar-refractivity contribution < 1.29 is 19.1 Å². The average Bonchev–Trinajstić information content (AvgIpc) is 3.47. The number of unbranched alkanes of at least 4 members (excludes halogenated alkanes) is 1. The van der Waals surface area contributed by atoms with Gasteiger partial charge < -0.3 is 9.47 Å². The van der Waals surface area contributed by atoms with E-state index in [1.54, 1.807) is 23.9 Å². The number of methoxy groups -OCH3 is 2. The number of nitrogens with zero attached hydrogens (tertiary/aromatic N) is 3. The highest BCUT2D eigenvalue weighted by Gasteiger charge is 2.15. The predicted molar refractivity (Wildman–Crippen MR) is 174 cm³/mol. The lowest BCUT2D eigenvalue weighted by Gasteiger charge is -2.10. The van der Waals surface area contributed by atoms with Crippen LogP contribution in [-0.4, -0.2) is 40.9 Å². The molecule has 5 rings (SSSR count). The molecule has 0 saturated carbocycles. The van der Waals surface area contributed by atoms with Gasteiger partial charge >= 0.3 is 11.9 Å². The van der Waals surface area contributed by atoms with E-state index in [9.17, 15) is 9.59 Å². The Bertz CT molecular complexity index is 1730. The molecule has 0 atom stereocenters. The first-order valence-electron chi connectivity index (χ1n) is 14.6. The van der Waals surface area contributed by atoms with Crippen LogP contribution >= 0.6 is 11.8 Å². The molecule has 0 saturated heterocycles. The van der Waals surface area contributed by atoms with Crippen LogP contribution in [0.25, 0.3) is 22.3 Å². The fourth-order valence-corrected chi connectivity index (χ4v) is 5.81. The Hall–Kier alpha value is -4.69. The number of thioether (sulfide) groups is 1. The van der Waals surface area contributed by atoms with E-state index >= 15 is 0 Å². The first kappa shape index (κ1) is 30.8. The van der Waals surface area contributed by atoms with Gasteiger partial charge in [0.05, 0.1) is 31.9 Å². The number of carbonyl (C=O) groups excluding carboxylic acids is 2. The van der Waals surface area contributed by atoms with E-state index in [0.717, 1.165) is 69.4 Å². The molecule has 0 unspecified atom stereocenters. The van der Waals surface area contributed by atoms with Crippen molar-refractivity contribution in [2.45, 2.75) is 43.6 Å². The van der Waals surface area contributed by atoms with Gasteiger partial charge in [-0.3, -0.25) is 0 Å². The summed E-state index contributed by atoms with van der Waals surface area (Å²) in [5, 5.41) is 5.61. The summed E-state index contributed by atoms with van der Waals surface area (Å²) >= 11 is 1.61. The summed E-state index contributed by atoms with van der Waals surface area (Å²) in [6.45, 7) is 2.79.